The van der Waals surface area contributed by atoms with Gasteiger partial charge < -0.3 is 0 Å². The topological polar surface area (TPSA) is 41.6 Å². The Morgan fingerprint density at radius 1 is 1.08 bits per heavy atom. The number of aryl methyl sites for hydroxylation is 2. The maximum Gasteiger partial charge on any atom is 0.101 e. The van der Waals surface area contributed by atoms with E-state index in [0.29, 0.717) is 10.6 Å². The van der Waals surface area contributed by atoms with Gasteiger partial charge in [-0.05, 0) is 44.0 Å². The molecule has 3 aromatic rings. The molecule has 0 saturated carbocycles. The van der Waals surface area contributed by atoms with Gasteiger partial charge in [0.25, 0.3) is 0 Å². The quantitative estimate of drug-likeness (QED) is 0.672. The number of aromatic nitrogens is 2. The Morgan fingerprint density at radius 2 is 1.79 bits per heavy atom. The van der Waals surface area contributed by atoms with E-state index in [9.17, 15) is 0 Å². The molecule has 0 saturated heterocycles. The molecule has 0 aliphatic carbocycles. The summed E-state index contributed by atoms with van der Waals surface area (Å²) in [6.45, 7) is 6.88. The summed E-state index contributed by atoms with van der Waals surface area (Å²) >= 11 is 6.19. The van der Waals surface area contributed by atoms with Crippen molar-refractivity contribution in [2.24, 2.45) is 0 Å². The van der Waals surface area contributed by atoms with Crippen LogP contribution in [0.1, 0.15) is 28.1 Å². The summed E-state index contributed by atoms with van der Waals surface area (Å²) in [4.78, 5) is 0. The van der Waals surface area contributed by atoms with Crippen molar-refractivity contribution >= 4 is 11.6 Å². The van der Waals surface area contributed by atoms with Crippen LogP contribution in [0, 0.1) is 32.1 Å². The monoisotopic (exact) mass is 335 g/mol. The minimum atomic E-state index is 0.472. The molecule has 0 bridgehead atoms. The van der Waals surface area contributed by atoms with Crippen LogP contribution in [0.3, 0.4) is 0 Å². The molecule has 0 radical (unpaired) electrons. The van der Waals surface area contributed by atoms with E-state index in [0.717, 1.165) is 29.1 Å². The number of benzene rings is 2. The molecule has 120 valence electrons. The zero-order chi connectivity index (χ0) is 17.3. The second kappa shape index (κ2) is 6.51. The SMILES string of the molecule is Cc1ccc(Cn2nc(C)c(-c3ccc(C#N)c(Cl)c3)c2C)cc1. The fraction of sp³-hybridized carbons (Fsp3) is 0.200. The van der Waals surface area contributed by atoms with Crippen LogP contribution in [-0.4, -0.2) is 9.78 Å². The van der Waals surface area contributed by atoms with Gasteiger partial charge in [0.05, 0.1) is 22.8 Å². The lowest BCUT2D eigenvalue weighted by molar-refractivity contribution is 0.659. The Labute approximate surface area is 147 Å². The summed E-state index contributed by atoms with van der Waals surface area (Å²) in [5.74, 6) is 0. The van der Waals surface area contributed by atoms with E-state index in [1.54, 1.807) is 6.07 Å². The highest BCUT2D eigenvalue weighted by atomic mass is 35.5. The van der Waals surface area contributed by atoms with Crippen LogP contribution in [0.5, 0.6) is 0 Å². The molecule has 0 N–H and O–H groups in total. The molecule has 0 fully saturated rings. The molecule has 1 heterocycles. The summed E-state index contributed by atoms with van der Waals surface area (Å²) in [6.07, 6.45) is 0. The zero-order valence-electron chi connectivity index (χ0n) is 14.0. The summed E-state index contributed by atoms with van der Waals surface area (Å²) in [5, 5.41) is 14.2. The molecular formula is C20H18ClN3. The first kappa shape index (κ1) is 16.3. The van der Waals surface area contributed by atoms with Crippen LogP contribution in [0.15, 0.2) is 42.5 Å². The highest BCUT2D eigenvalue weighted by Gasteiger charge is 2.15. The maximum absolute atomic E-state index is 9.03. The highest BCUT2D eigenvalue weighted by Crippen LogP contribution is 2.30. The molecule has 2 aromatic carbocycles. The van der Waals surface area contributed by atoms with E-state index in [4.69, 9.17) is 16.9 Å². The van der Waals surface area contributed by atoms with Crippen molar-refractivity contribution in [2.75, 3.05) is 0 Å². The van der Waals surface area contributed by atoms with Crippen LogP contribution >= 0.6 is 11.6 Å². The third kappa shape index (κ3) is 3.06. The van der Waals surface area contributed by atoms with Gasteiger partial charge in [-0.25, -0.2) is 0 Å². The fourth-order valence-electron chi connectivity index (χ4n) is 2.90. The van der Waals surface area contributed by atoms with Crippen LogP contribution in [0.2, 0.25) is 5.02 Å². The lowest BCUT2D eigenvalue weighted by Crippen LogP contribution is -2.04. The molecule has 0 spiro atoms. The molecule has 4 heteroatoms. The van der Waals surface area contributed by atoms with Crippen LogP contribution < -0.4 is 0 Å². The van der Waals surface area contributed by atoms with Gasteiger partial charge in [-0.1, -0.05) is 47.5 Å². The average Bonchev–Trinajstić information content (AvgIpc) is 2.83. The lowest BCUT2D eigenvalue weighted by atomic mass is 10.0. The number of rotatable bonds is 3. The van der Waals surface area contributed by atoms with Gasteiger partial charge in [0.1, 0.15) is 6.07 Å². The van der Waals surface area contributed by atoms with E-state index in [1.165, 1.54) is 11.1 Å². The van der Waals surface area contributed by atoms with Gasteiger partial charge in [0.15, 0.2) is 0 Å². The first-order valence-electron chi connectivity index (χ1n) is 7.79. The van der Waals surface area contributed by atoms with Crippen molar-refractivity contribution in [3.63, 3.8) is 0 Å². The third-order valence-corrected chi connectivity index (χ3v) is 4.53. The Morgan fingerprint density at radius 3 is 2.42 bits per heavy atom. The highest BCUT2D eigenvalue weighted by molar-refractivity contribution is 6.32. The number of nitriles is 1. The number of hydrogen-bond acceptors (Lipinski definition) is 2. The molecule has 0 unspecified atom stereocenters. The van der Waals surface area contributed by atoms with E-state index < -0.39 is 0 Å². The molecular weight excluding hydrogens is 318 g/mol. The van der Waals surface area contributed by atoms with Crippen molar-refractivity contribution in [3.8, 4) is 17.2 Å². The molecule has 3 nitrogen and oxygen atoms in total. The minimum Gasteiger partial charge on any atom is -0.265 e. The maximum atomic E-state index is 9.03. The van der Waals surface area contributed by atoms with Crippen molar-refractivity contribution < 1.29 is 0 Å². The molecule has 1 aromatic heterocycles. The van der Waals surface area contributed by atoms with Gasteiger partial charge in [0, 0.05) is 11.3 Å². The largest absolute Gasteiger partial charge is 0.265 e. The first-order chi connectivity index (χ1) is 11.5. The second-order valence-electron chi connectivity index (χ2n) is 6.00. The van der Waals surface area contributed by atoms with E-state index in [-0.39, 0.29) is 0 Å². The van der Waals surface area contributed by atoms with Crippen LogP contribution in [-0.2, 0) is 6.54 Å². The van der Waals surface area contributed by atoms with Crippen molar-refractivity contribution in [2.45, 2.75) is 27.3 Å². The molecule has 0 atom stereocenters. The second-order valence-corrected chi connectivity index (χ2v) is 6.40. The molecule has 3 rings (SSSR count). The predicted octanol–water partition coefficient (Wildman–Crippen LogP) is 5.05. The summed E-state index contributed by atoms with van der Waals surface area (Å²) in [5.41, 5.74) is 7.07. The standard InChI is InChI=1S/C20H18ClN3/c1-13-4-6-16(7-5-13)12-24-15(3)20(14(2)23-24)17-8-9-18(11-22)19(21)10-17/h4-10H,12H2,1-3H3. The molecule has 0 aliphatic heterocycles. The third-order valence-electron chi connectivity index (χ3n) is 4.21. The summed E-state index contributed by atoms with van der Waals surface area (Å²) in [6, 6.07) is 16.1. The van der Waals surface area contributed by atoms with Crippen molar-refractivity contribution in [1.29, 1.82) is 5.26 Å². The molecule has 0 amide bonds. The predicted molar refractivity (Wildman–Crippen MR) is 97.1 cm³/mol. The minimum absolute atomic E-state index is 0.472. The lowest BCUT2D eigenvalue weighted by Gasteiger charge is -2.07. The van der Waals surface area contributed by atoms with Crippen LogP contribution in [0.25, 0.3) is 11.1 Å². The van der Waals surface area contributed by atoms with Gasteiger partial charge >= 0.3 is 0 Å². The number of nitrogens with zero attached hydrogens (tertiary/aromatic N) is 3. The Hall–Kier alpha value is -2.57. The summed E-state index contributed by atoms with van der Waals surface area (Å²) < 4.78 is 2.02. The van der Waals surface area contributed by atoms with Crippen molar-refractivity contribution in [3.05, 3.63) is 75.6 Å². The van der Waals surface area contributed by atoms with E-state index in [1.807, 2.05) is 23.7 Å². The summed E-state index contributed by atoms with van der Waals surface area (Å²) in [7, 11) is 0. The zero-order valence-corrected chi connectivity index (χ0v) is 14.7. The van der Waals surface area contributed by atoms with E-state index in [2.05, 4.69) is 49.3 Å². The first-order valence-corrected chi connectivity index (χ1v) is 8.17. The van der Waals surface area contributed by atoms with E-state index >= 15 is 0 Å². The van der Waals surface area contributed by atoms with Gasteiger partial charge in [-0.3, -0.25) is 4.68 Å². The van der Waals surface area contributed by atoms with Gasteiger partial charge in [-0.15, -0.1) is 0 Å². The van der Waals surface area contributed by atoms with Gasteiger partial charge in [0.2, 0.25) is 0 Å². The molecule has 24 heavy (non-hydrogen) atoms. The average molecular weight is 336 g/mol. The van der Waals surface area contributed by atoms with Gasteiger partial charge in [-0.2, -0.15) is 10.4 Å². The molecule has 0 aliphatic rings. The number of hydrogen-bond donors (Lipinski definition) is 0. The number of halogens is 1. The Bertz CT molecular complexity index is 931. The van der Waals surface area contributed by atoms with Crippen molar-refractivity contribution in [1.82, 2.24) is 9.78 Å². The Kier molecular flexibility index (Phi) is 4.42. The smallest absolute Gasteiger partial charge is 0.101 e. The van der Waals surface area contributed by atoms with Crippen LogP contribution in [0.4, 0.5) is 0 Å². The fourth-order valence-corrected chi connectivity index (χ4v) is 3.12. The Balaban J connectivity index is 1.99. The normalized spacial score (nSPS) is 10.6.